The van der Waals surface area contributed by atoms with Crippen molar-refractivity contribution >= 4 is 11.8 Å². The Morgan fingerprint density at radius 3 is 2.33 bits per heavy atom. The predicted octanol–water partition coefficient (Wildman–Crippen LogP) is 5.57. The minimum absolute atomic E-state index is 0.0113. The van der Waals surface area contributed by atoms with Crippen molar-refractivity contribution < 1.29 is 19.7 Å². The molecule has 6 rings (SSSR count). The highest BCUT2D eigenvalue weighted by molar-refractivity contribution is 7.99. The van der Waals surface area contributed by atoms with Gasteiger partial charge in [0.05, 0.1) is 24.5 Å². The lowest BCUT2D eigenvalue weighted by Crippen LogP contribution is -2.38. The molecule has 1 aromatic heterocycles. The number of hydrogen-bond acceptors (Lipinski definition) is 9. The first kappa shape index (κ1) is 29.0. The summed E-state index contributed by atoms with van der Waals surface area (Å²) in [4.78, 5) is 0. The summed E-state index contributed by atoms with van der Waals surface area (Å²) < 4.78 is 14.9. The Morgan fingerprint density at radius 1 is 0.860 bits per heavy atom. The van der Waals surface area contributed by atoms with Crippen LogP contribution in [0.15, 0.2) is 102 Å². The van der Waals surface area contributed by atoms with Gasteiger partial charge in [0.1, 0.15) is 5.75 Å². The van der Waals surface area contributed by atoms with Gasteiger partial charge in [-0.15, -0.1) is 5.10 Å². The molecule has 4 atom stereocenters. The van der Waals surface area contributed by atoms with Crippen LogP contribution in [0.25, 0.3) is 16.8 Å². The lowest BCUT2D eigenvalue weighted by molar-refractivity contribution is -0.268. The zero-order chi connectivity index (χ0) is 29.8. The minimum atomic E-state index is -0.582. The van der Waals surface area contributed by atoms with E-state index >= 15 is 0 Å². The van der Waals surface area contributed by atoms with Gasteiger partial charge in [-0.3, -0.25) is 0 Å². The van der Waals surface area contributed by atoms with Crippen molar-refractivity contribution in [2.24, 2.45) is 11.7 Å². The van der Waals surface area contributed by atoms with E-state index in [9.17, 15) is 10.2 Å². The van der Waals surface area contributed by atoms with E-state index in [1.165, 1.54) is 11.8 Å². The van der Waals surface area contributed by atoms with Crippen molar-refractivity contribution in [2.45, 2.75) is 43.7 Å². The molecule has 4 N–H and O–H groups in total. The molecule has 0 amide bonds. The van der Waals surface area contributed by atoms with Crippen LogP contribution in [0, 0.1) is 5.92 Å². The quantitative estimate of drug-likeness (QED) is 0.187. The number of phenolic OH excluding ortho intramolecular Hbond substituents is 1. The van der Waals surface area contributed by atoms with E-state index < -0.39 is 6.29 Å². The Bertz CT molecular complexity index is 1640. The molecule has 220 valence electrons. The second kappa shape index (κ2) is 13.1. The van der Waals surface area contributed by atoms with E-state index in [4.69, 9.17) is 15.2 Å². The van der Waals surface area contributed by atoms with Gasteiger partial charge in [0.2, 0.25) is 5.16 Å². The molecule has 1 saturated heterocycles. The number of nitrogens with zero attached hydrogens (tertiary/aromatic N) is 4. The molecular weight excluding hydrogens is 562 g/mol. The van der Waals surface area contributed by atoms with Gasteiger partial charge in [0.15, 0.2) is 6.29 Å². The van der Waals surface area contributed by atoms with Gasteiger partial charge in [0.25, 0.3) is 0 Å². The Morgan fingerprint density at radius 2 is 1.60 bits per heavy atom. The Kier molecular flexibility index (Phi) is 8.82. The van der Waals surface area contributed by atoms with Crippen LogP contribution in [0.2, 0.25) is 0 Å². The van der Waals surface area contributed by atoms with Crippen LogP contribution < -0.4 is 5.73 Å². The van der Waals surface area contributed by atoms with Gasteiger partial charge in [0, 0.05) is 23.8 Å². The average molecular weight is 596 g/mol. The third-order valence-corrected chi connectivity index (χ3v) is 8.72. The summed E-state index contributed by atoms with van der Waals surface area (Å²) in [6, 6.07) is 31.1. The Balaban J connectivity index is 1.25. The van der Waals surface area contributed by atoms with Gasteiger partial charge in [-0.05, 0) is 68.6 Å². The molecule has 10 heteroatoms. The topological polar surface area (TPSA) is 129 Å². The molecule has 0 radical (unpaired) electrons. The fourth-order valence-corrected chi connectivity index (χ4v) is 6.26. The van der Waals surface area contributed by atoms with E-state index in [-0.39, 0.29) is 30.5 Å². The van der Waals surface area contributed by atoms with Crippen LogP contribution in [0.3, 0.4) is 0 Å². The molecule has 2 heterocycles. The molecule has 0 unspecified atom stereocenters. The summed E-state index contributed by atoms with van der Waals surface area (Å²) in [5.41, 5.74) is 12.7. The van der Waals surface area contributed by atoms with E-state index in [2.05, 4.69) is 46.7 Å². The van der Waals surface area contributed by atoms with Gasteiger partial charge in [-0.1, -0.05) is 85.4 Å². The maximum absolute atomic E-state index is 9.68. The fourth-order valence-electron chi connectivity index (χ4n) is 5.20. The molecule has 1 aliphatic heterocycles. The minimum Gasteiger partial charge on any atom is -0.508 e. The molecule has 1 aliphatic rings. The van der Waals surface area contributed by atoms with E-state index in [0.717, 1.165) is 39.1 Å². The Hall–Kier alpha value is -4.06. The highest BCUT2D eigenvalue weighted by atomic mass is 32.2. The standard InChI is InChI=1S/C33H33N5O4S/c1-21-30(20-43-33-35-36-37-38(33)28-13-15-29(40)16-14-28)41-32(42-31(21)25-7-5-22(19-39)6-8-25)26-11-9-24(10-12-26)27-4-2-3-23(17-27)18-34/h2-17,21,30-32,39-40H,18-20,34H2,1H3/t21-,30+,31+,32+/m0/s1. The number of benzene rings is 4. The van der Waals surface area contributed by atoms with Crippen LogP contribution in [-0.2, 0) is 22.6 Å². The lowest BCUT2D eigenvalue weighted by atomic mass is 9.91. The number of thioether (sulfide) groups is 1. The summed E-state index contributed by atoms with van der Waals surface area (Å²) >= 11 is 1.51. The van der Waals surface area contributed by atoms with Crippen LogP contribution in [-0.4, -0.2) is 42.3 Å². The zero-order valence-electron chi connectivity index (χ0n) is 23.7. The number of ether oxygens (including phenoxy) is 2. The number of rotatable bonds is 9. The molecular formula is C33H33N5O4S. The second-order valence-electron chi connectivity index (χ2n) is 10.5. The lowest BCUT2D eigenvalue weighted by Gasteiger charge is -2.41. The van der Waals surface area contributed by atoms with Crippen LogP contribution in [0.4, 0.5) is 0 Å². The Labute approximate surface area is 254 Å². The first-order valence-electron chi connectivity index (χ1n) is 14.1. The molecule has 9 nitrogen and oxygen atoms in total. The van der Waals surface area contributed by atoms with Crippen molar-refractivity contribution in [1.82, 2.24) is 20.2 Å². The molecule has 43 heavy (non-hydrogen) atoms. The third-order valence-electron chi connectivity index (χ3n) is 7.71. The molecule has 0 bridgehead atoms. The van der Waals surface area contributed by atoms with Crippen molar-refractivity contribution in [1.29, 1.82) is 0 Å². The number of hydrogen-bond donors (Lipinski definition) is 3. The van der Waals surface area contributed by atoms with Gasteiger partial charge in [-0.25, -0.2) is 0 Å². The van der Waals surface area contributed by atoms with E-state index in [1.54, 1.807) is 28.9 Å². The van der Waals surface area contributed by atoms with E-state index in [0.29, 0.717) is 17.5 Å². The summed E-state index contributed by atoms with van der Waals surface area (Å²) in [5.74, 6) is 0.783. The van der Waals surface area contributed by atoms with Crippen LogP contribution in [0.1, 0.15) is 41.6 Å². The summed E-state index contributed by atoms with van der Waals surface area (Å²) in [7, 11) is 0. The van der Waals surface area contributed by atoms with Crippen molar-refractivity contribution in [3.05, 3.63) is 119 Å². The monoisotopic (exact) mass is 595 g/mol. The molecule has 0 aliphatic carbocycles. The number of nitrogens with two attached hydrogens (primary N) is 1. The predicted molar refractivity (Wildman–Crippen MR) is 164 cm³/mol. The van der Waals surface area contributed by atoms with Crippen LogP contribution >= 0.6 is 11.8 Å². The number of tetrazole rings is 1. The molecule has 1 fully saturated rings. The molecule has 4 aromatic carbocycles. The van der Waals surface area contributed by atoms with Gasteiger partial charge in [-0.2, -0.15) is 4.68 Å². The number of aromatic hydroxyl groups is 1. The maximum Gasteiger partial charge on any atom is 0.214 e. The normalized spacial score (nSPS) is 20.3. The van der Waals surface area contributed by atoms with Crippen molar-refractivity contribution in [3.63, 3.8) is 0 Å². The molecule has 5 aromatic rings. The largest absolute Gasteiger partial charge is 0.508 e. The molecule has 0 saturated carbocycles. The number of aliphatic hydroxyl groups is 1. The third kappa shape index (κ3) is 6.48. The average Bonchev–Trinajstić information content (AvgIpc) is 3.53. The second-order valence-corrected chi connectivity index (χ2v) is 11.5. The van der Waals surface area contributed by atoms with E-state index in [1.807, 2.05) is 48.5 Å². The molecule has 0 spiro atoms. The first-order valence-corrected chi connectivity index (χ1v) is 15.1. The number of phenols is 1. The van der Waals surface area contributed by atoms with Gasteiger partial charge >= 0.3 is 0 Å². The van der Waals surface area contributed by atoms with Crippen molar-refractivity contribution in [3.8, 4) is 22.6 Å². The van der Waals surface area contributed by atoms with Crippen LogP contribution in [0.5, 0.6) is 5.75 Å². The number of aliphatic hydroxyl groups excluding tert-OH is 1. The zero-order valence-corrected chi connectivity index (χ0v) is 24.5. The summed E-state index contributed by atoms with van der Waals surface area (Å²) in [6.07, 6.45) is -0.995. The summed E-state index contributed by atoms with van der Waals surface area (Å²) in [6.45, 7) is 2.61. The number of aromatic nitrogens is 4. The maximum atomic E-state index is 9.68. The summed E-state index contributed by atoms with van der Waals surface area (Å²) in [5, 5.41) is 32.1. The first-order chi connectivity index (χ1) is 21.0. The SMILES string of the molecule is C[C@H]1[C@@H](CSc2nnnn2-c2ccc(O)cc2)O[C@@H](c2ccc(-c3cccc(CN)c3)cc2)O[C@H]1c1ccc(CO)cc1. The highest BCUT2D eigenvalue weighted by Crippen LogP contribution is 2.43. The van der Waals surface area contributed by atoms with Crippen molar-refractivity contribution in [2.75, 3.05) is 5.75 Å². The highest BCUT2D eigenvalue weighted by Gasteiger charge is 2.38. The smallest absolute Gasteiger partial charge is 0.214 e. The van der Waals surface area contributed by atoms with Gasteiger partial charge < -0.3 is 25.4 Å². The fraction of sp³-hybridized carbons (Fsp3) is 0.242.